The highest BCUT2D eigenvalue weighted by Gasteiger charge is 2.06. The molecule has 0 spiro atoms. The molecule has 0 heterocycles. The van der Waals surface area contributed by atoms with Crippen LogP contribution in [-0.2, 0) is 6.61 Å². The fourth-order valence-corrected chi connectivity index (χ4v) is 2.54. The number of methoxy groups -OCH3 is 1. The second-order valence-corrected chi connectivity index (χ2v) is 6.42. The van der Waals surface area contributed by atoms with Crippen LogP contribution in [0, 0.1) is 13.8 Å². The molecule has 0 radical (unpaired) electrons. The SMILES string of the molecule is COc1ccc(/C=N/Nc2ccc(C)cc2)cc1OCc1ccc(C)cc1. The van der Waals surface area contributed by atoms with Crippen LogP contribution in [0.2, 0.25) is 0 Å². The third kappa shape index (κ3) is 5.35. The smallest absolute Gasteiger partial charge is 0.162 e. The van der Waals surface area contributed by atoms with Crippen molar-refractivity contribution >= 4 is 11.9 Å². The maximum atomic E-state index is 5.97. The molecule has 0 aliphatic carbocycles. The van der Waals surface area contributed by atoms with Crippen LogP contribution >= 0.6 is 0 Å². The van der Waals surface area contributed by atoms with Gasteiger partial charge < -0.3 is 9.47 Å². The average molecular weight is 360 g/mol. The van der Waals surface area contributed by atoms with Crippen molar-refractivity contribution in [3.05, 3.63) is 89.0 Å². The van der Waals surface area contributed by atoms with E-state index >= 15 is 0 Å². The first-order valence-corrected chi connectivity index (χ1v) is 8.86. The quantitative estimate of drug-likeness (QED) is 0.457. The largest absolute Gasteiger partial charge is 0.493 e. The summed E-state index contributed by atoms with van der Waals surface area (Å²) in [7, 11) is 1.64. The first-order chi connectivity index (χ1) is 13.1. The number of rotatable bonds is 7. The van der Waals surface area contributed by atoms with Crippen molar-refractivity contribution in [2.45, 2.75) is 20.5 Å². The van der Waals surface area contributed by atoms with Crippen molar-refractivity contribution in [2.24, 2.45) is 5.10 Å². The first-order valence-electron chi connectivity index (χ1n) is 8.86. The molecule has 138 valence electrons. The zero-order valence-corrected chi connectivity index (χ0v) is 15.9. The van der Waals surface area contributed by atoms with Gasteiger partial charge in [-0.25, -0.2) is 0 Å². The van der Waals surface area contributed by atoms with Crippen molar-refractivity contribution in [2.75, 3.05) is 12.5 Å². The second kappa shape index (κ2) is 8.90. The van der Waals surface area contributed by atoms with Crippen LogP contribution in [0.1, 0.15) is 22.3 Å². The summed E-state index contributed by atoms with van der Waals surface area (Å²) in [5.74, 6) is 1.39. The number of hydrogen-bond acceptors (Lipinski definition) is 4. The molecule has 3 aromatic carbocycles. The Morgan fingerprint density at radius 3 is 2.19 bits per heavy atom. The van der Waals surface area contributed by atoms with E-state index in [1.165, 1.54) is 11.1 Å². The summed E-state index contributed by atoms with van der Waals surface area (Å²) in [6.07, 6.45) is 1.76. The number of hydrazone groups is 1. The molecule has 3 rings (SSSR count). The van der Waals surface area contributed by atoms with Crippen LogP contribution in [0.4, 0.5) is 5.69 Å². The summed E-state index contributed by atoms with van der Waals surface area (Å²) in [5, 5.41) is 4.29. The lowest BCUT2D eigenvalue weighted by atomic mass is 10.1. The summed E-state index contributed by atoms with van der Waals surface area (Å²) in [6.45, 7) is 4.61. The van der Waals surface area contributed by atoms with E-state index in [4.69, 9.17) is 9.47 Å². The van der Waals surface area contributed by atoms with Gasteiger partial charge in [-0.2, -0.15) is 5.10 Å². The Morgan fingerprint density at radius 1 is 0.852 bits per heavy atom. The van der Waals surface area contributed by atoms with Gasteiger partial charge in [-0.15, -0.1) is 0 Å². The van der Waals surface area contributed by atoms with Crippen molar-refractivity contribution in [3.63, 3.8) is 0 Å². The topological polar surface area (TPSA) is 42.8 Å². The summed E-state index contributed by atoms with van der Waals surface area (Å²) in [4.78, 5) is 0. The highest BCUT2D eigenvalue weighted by atomic mass is 16.5. The number of nitrogens with zero attached hydrogens (tertiary/aromatic N) is 1. The number of ether oxygens (including phenoxy) is 2. The molecular formula is C23H24N2O2. The van der Waals surface area contributed by atoms with E-state index in [-0.39, 0.29) is 0 Å². The molecule has 27 heavy (non-hydrogen) atoms. The summed E-state index contributed by atoms with van der Waals surface area (Å²) in [5.41, 5.74) is 8.46. The fourth-order valence-electron chi connectivity index (χ4n) is 2.54. The Morgan fingerprint density at radius 2 is 1.52 bits per heavy atom. The molecule has 4 nitrogen and oxygen atoms in total. The molecule has 4 heteroatoms. The molecule has 3 aromatic rings. The number of nitrogens with one attached hydrogen (secondary N) is 1. The Balaban J connectivity index is 1.67. The minimum absolute atomic E-state index is 0.485. The number of benzene rings is 3. The maximum Gasteiger partial charge on any atom is 0.162 e. The Kier molecular flexibility index (Phi) is 6.10. The van der Waals surface area contributed by atoms with Gasteiger partial charge in [0.25, 0.3) is 0 Å². The van der Waals surface area contributed by atoms with Gasteiger partial charge in [-0.3, -0.25) is 5.43 Å². The van der Waals surface area contributed by atoms with Crippen molar-refractivity contribution in [1.82, 2.24) is 0 Å². The third-order valence-electron chi connectivity index (χ3n) is 4.16. The van der Waals surface area contributed by atoms with Crippen LogP contribution in [0.25, 0.3) is 0 Å². The molecule has 1 N–H and O–H groups in total. The van der Waals surface area contributed by atoms with E-state index in [1.54, 1.807) is 13.3 Å². The molecular weight excluding hydrogens is 336 g/mol. The van der Waals surface area contributed by atoms with Crippen molar-refractivity contribution < 1.29 is 9.47 Å². The lowest BCUT2D eigenvalue weighted by Crippen LogP contribution is -1.99. The minimum Gasteiger partial charge on any atom is -0.493 e. The van der Waals surface area contributed by atoms with E-state index in [0.29, 0.717) is 18.1 Å². The minimum atomic E-state index is 0.485. The summed E-state index contributed by atoms with van der Waals surface area (Å²) >= 11 is 0. The number of anilines is 1. The van der Waals surface area contributed by atoms with Crippen LogP contribution in [0.15, 0.2) is 71.8 Å². The van der Waals surface area contributed by atoms with Gasteiger partial charge in [0, 0.05) is 0 Å². The first kappa shape index (κ1) is 18.5. The van der Waals surface area contributed by atoms with Gasteiger partial charge in [0.2, 0.25) is 0 Å². The zero-order chi connectivity index (χ0) is 19.1. The van der Waals surface area contributed by atoms with Crippen LogP contribution in [-0.4, -0.2) is 13.3 Å². The monoisotopic (exact) mass is 360 g/mol. The Hall–Kier alpha value is -3.27. The Bertz CT molecular complexity index is 901. The van der Waals surface area contributed by atoms with E-state index in [9.17, 15) is 0 Å². The van der Waals surface area contributed by atoms with Crippen LogP contribution < -0.4 is 14.9 Å². The predicted octanol–water partition coefficient (Wildman–Crippen LogP) is 5.34. The van der Waals surface area contributed by atoms with E-state index in [1.807, 2.05) is 42.5 Å². The number of hydrogen-bond donors (Lipinski definition) is 1. The molecule has 0 fully saturated rings. The van der Waals surface area contributed by atoms with Crippen molar-refractivity contribution in [1.29, 1.82) is 0 Å². The van der Waals surface area contributed by atoms with Gasteiger partial charge in [-0.1, -0.05) is 47.5 Å². The fraction of sp³-hybridized carbons (Fsp3) is 0.174. The zero-order valence-electron chi connectivity index (χ0n) is 15.9. The van der Waals surface area contributed by atoms with Crippen LogP contribution in [0.3, 0.4) is 0 Å². The third-order valence-corrected chi connectivity index (χ3v) is 4.16. The van der Waals surface area contributed by atoms with Gasteiger partial charge in [-0.05, 0) is 55.3 Å². The predicted molar refractivity (Wildman–Crippen MR) is 111 cm³/mol. The molecule has 0 aliphatic rings. The standard InChI is InChI=1S/C23H24N2O2/c1-17-4-8-19(9-5-17)16-27-23-14-20(10-13-22(23)26-3)15-24-25-21-11-6-18(2)7-12-21/h4-15,25H,16H2,1-3H3/b24-15+. The van der Waals surface area contributed by atoms with Gasteiger partial charge in [0.1, 0.15) is 6.61 Å². The molecule has 0 saturated heterocycles. The van der Waals surface area contributed by atoms with Crippen molar-refractivity contribution in [3.8, 4) is 11.5 Å². The summed E-state index contributed by atoms with van der Waals surface area (Å²) < 4.78 is 11.4. The highest BCUT2D eigenvalue weighted by Crippen LogP contribution is 2.28. The van der Waals surface area contributed by atoms with Gasteiger partial charge in [0.05, 0.1) is 19.0 Å². The van der Waals surface area contributed by atoms with Gasteiger partial charge in [0.15, 0.2) is 11.5 Å². The Labute approximate surface area is 160 Å². The molecule has 0 aliphatic heterocycles. The molecule has 0 aromatic heterocycles. The van der Waals surface area contributed by atoms with E-state index in [2.05, 4.69) is 48.6 Å². The number of aryl methyl sites for hydroxylation is 2. The second-order valence-electron chi connectivity index (χ2n) is 6.42. The van der Waals surface area contributed by atoms with Crippen LogP contribution in [0.5, 0.6) is 11.5 Å². The average Bonchev–Trinajstić information content (AvgIpc) is 2.69. The summed E-state index contributed by atoms with van der Waals surface area (Å²) in [6, 6.07) is 22.1. The molecule has 0 atom stereocenters. The normalized spacial score (nSPS) is 10.8. The molecule has 0 amide bonds. The lowest BCUT2D eigenvalue weighted by molar-refractivity contribution is 0.284. The van der Waals surface area contributed by atoms with E-state index in [0.717, 1.165) is 16.8 Å². The van der Waals surface area contributed by atoms with E-state index < -0.39 is 0 Å². The lowest BCUT2D eigenvalue weighted by Gasteiger charge is -2.11. The molecule has 0 unspecified atom stereocenters. The van der Waals surface area contributed by atoms with Gasteiger partial charge >= 0.3 is 0 Å². The molecule has 0 saturated carbocycles. The highest BCUT2D eigenvalue weighted by molar-refractivity contribution is 5.81. The molecule has 0 bridgehead atoms. The maximum absolute atomic E-state index is 5.97.